The lowest BCUT2D eigenvalue weighted by Crippen LogP contribution is -2.18. The first-order valence-corrected chi connectivity index (χ1v) is 7.25. The molecule has 0 fully saturated rings. The molecular formula is C14H23NO2S. The number of ether oxygens (including phenoxy) is 2. The molecule has 0 heterocycles. The van der Waals surface area contributed by atoms with Crippen LogP contribution < -0.4 is 5.32 Å². The Morgan fingerprint density at radius 2 is 2.00 bits per heavy atom. The van der Waals surface area contributed by atoms with E-state index in [-0.39, 0.29) is 0 Å². The van der Waals surface area contributed by atoms with Crippen molar-refractivity contribution in [3.63, 3.8) is 0 Å². The van der Waals surface area contributed by atoms with Gasteiger partial charge >= 0.3 is 0 Å². The van der Waals surface area contributed by atoms with Crippen molar-refractivity contribution in [3.05, 3.63) is 29.8 Å². The normalized spacial score (nSPS) is 10.8. The number of methoxy groups -OCH3 is 2. The molecule has 4 heteroatoms. The van der Waals surface area contributed by atoms with Gasteiger partial charge in [-0.15, -0.1) is 11.8 Å². The Bertz CT molecular complexity index is 293. The number of benzene rings is 1. The molecule has 18 heavy (non-hydrogen) atoms. The van der Waals surface area contributed by atoms with E-state index < -0.39 is 0 Å². The molecule has 0 amide bonds. The first-order valence-electron chi connectivity index (χ1n) is 6.27. The van der Waals surface area contributed by atoms with Crippen LogP contribution >= 0.6 is 11.8 Å². The molecule has 1 aromatic rings. The number of hydrogen-bond donors (Lipinski definition) is 1. The third-order valence-corrected chi connectivity index (χ3v) is 3.55. The van der Waals surface area contributed by atoms with Crippen molar-refractivity contribution < 1.29 is 9.47 Å². The molecule has 0 saturated heterocycles. The van der Waals surface area contributed by atoms with E-state index in [1.807, 2.05) is 11.8 Å². The highest BCUT2D eigenvalue weighted by Crippen LogP contribution is 2.19. The van der Waals surface area contributed by atoms with Gasteiger partial charge in [-0.05, 0) is 24.1 Å². The number of thioether (sulfide) groups is 1. The number of hydrogen-bond acceptors (Lipinski definition) is 4. The summed E-state index contributed by atoms with van der Waals surface area (Å²) in [6, 6.07) is 8.68. The van der Waals surface area contributed by atoms with Crippen LogP contribution in [0.1, 0.15) is 12.0 Å². The Hall–Kier alpha value is -0.550. The van der Waals surface area contributed by atoms with Crippen molar-refractivity contribution in [1.29, 1.82) is 0 Å². The molecule has 102 valence electrons. The highest BCUT2D eigenvalue weighted by molar-refractivity contribution is 7.99. The van der Waals surface area contributed by atoms with Crippen molar-refractivity contribution in [1.82, 2.24) is 5.32 Å². The minimum atomic E-state index is 0.755. The van der Waals surface area contributed by atoms with Crippen LogP contribution in [0.2, 0.25) is 0 Å². The largest absolute Gasteiger partial charge is 0.385 e. The van der Waals surface area contributed by atoms with Crippen molar-refractivity contribution in [2.24, 2.45) is 0 Å². The summed E-state index contributed by atoms with van der Waals surface area (Å²) in [5, 5.41) is 3.35. The zero-order valence-electron chi connectivity index (χ0n) is 11.3. The fourth-order valence-electron chi connectivity index (χ4n) is 1.55. The lowest BCUT2D eigenvalue weighted by molar-refractivity contribution is 0.199. The Kier molecular flexibility index (Phi) is 8.94. The fraction of sp³-hybridized carbons (Fsp3) is 0.571. The second-order valence-corrected chi connectivity index (χ2v) is 5.18. The second-order valence-electron chi connectivity index (χ2n) is 4.01. The van der Waals surface area contributed by atoms with Gasteiger partial charge in [-0.1, -0.05) is 12.1 Å². The molecule has 0 radical (unpaired) electrons. The van der Waals surface area contributed by atoms with Gasteiger partial charge in [0, 0.05) is 44.6 Å². The Labute approximate surface area is 114 Å². The van der Waals surface area contributed by atoms with E-state index in [4.69, 9.17) is 9.47 Å². The van der Waals surface area contributed by atoms with Crippen molar-refractivity contribution in [3.8, 4) is 0 Å². The van der Waals surface area contributed by atoms with Gasteiger partial charge in [0.05, 0.1) is 6.61 Å². The lowest BCUT2D eigenvalue weighted by atomic mass is 10.2. The first-order chi connectivity index (χ1) is 8.86. The maximum absolute atomic E-state index is 5.04. The molecule has 0 aliphatic rings. The van der Waals surface area contributed by atoms with Crippen LogP contribution in [-0.2, 0) is 16.0 Å². The van der Waals surface area contributed by atoms with Gasteiger partial charge in [0.15, 0.2) is 0 Å². The maximum Gasteiger partial charge on any atom is 0.0587 e. The lowest BCUT2D eigenvalue weighted by Gasteiger charge is -2.06. The predicted octanol–water partition coefficient (Wildman–Crippen LogP) is 2.55. The highest BCUT2D eigenvalue weighted by Gasteiger charge is 1.97. The quantitative estimate of drug-likeness (QED) is 0.522. The molecule has 0 unspecified atom stereocenters. The number of nitrogens with one attached hydrogen (secondary N) is 1. The molecule has 0 atom stereocenters. The predicted molar refractivity (Wildman–Crippen MR) is 77.2 cm³/mol. The molecule has 0 aliphatic carbocycles. The van der Waals surface area contributed by atoms with Crippen LogP contribution in [0, 0.1) is 0 Å². The molecule has 1 N–H and O–H groups in total. The van der Waals surface area contributed by atoms with Crippen LogP contribution in [0.5, 0.6) is 0 Å². The summed E-state index contributed by atoms with van der Waals surface area (Å²) < 4.78 is 10.0. The minimum absolute atomic E-state index is 0.755. The van der Waals surface area contributed by atoms with Gasteiger partial charge in [-0.25, -0.2) is 0 Å². The van der Waals surface area contributed by atoms with Gasteiger partial charge in [0.1, 0.15) is 0 Å². The van der Waals surface area contributed by atoms with Crippen LogP contribution in [-0.4, -0.2) is 39.7 Å². The van der Waals surface area contributed by atoms with Crippen LogP contribution in [0.3, 0.4) is 0 Å². The average Bonchev–Trinajstić information content (AvgIpc) is 2.40. The summed E-state index contributed by atoms with van der Waals surface area (Å²) in [7, 11) is 3.47. The monoisotopic (exact) mass is 269 g/mol. The number of rotatable bonds is 10. The van der Waals surface area contributed by atoms with E-state index in [1.165, 1.54) is 10.5 Å². The Morgan fingerprint density at radius 3 is 2.78 bits per heavy atom. The molecule has 3 nitrogen and oxygen atoms in total. The Balaban J connectivity index is 2.27. The van der Waals surface area contributed by atoms with Crippen LogP contribution in [0.4, 0.5) is 0 Å². The van der Waals surface area contributed by atoms with E-state index in [2.05, 4.69) is 29.6 Å². The maximum atomic E-state index is 5.04. The fourth-order valence-corrected chi connectivity index (χ4v) is 2.45. The van der Waals surface area contributed by atoms with Gasteiger partial charge in [0.25, 0.3) is 0 Å². The molecular weight excluding hydrogens is 246 g/mol. The summed E-state index contributed by atoms with van der Waals surface area (Å²) in [4.78, 5) is 1.33. The summed E-state index contributed by atoms with van der Waals surface area (Å²) >= 11 is 1.89. The van der Waals surface area contributed by atoms with Crippen molar-refractivity contribution in [2.45, 2.75) is 17.9 Å². The molecule has 0 saturated carbocycles. The van der Waals surface area contributed by atoms with Gasteiger partial charge in [-0.3, -0.25) is 0 Å². The topological polar surface area (TPSA) is 30.5 Å². The average molecular weight is 269 g/mol. The second kappa shape index (κ2) is 10.4. The molecule has 1 rings (SSSR count). The molecule has 0 spiro atoms. The van der Waals surface area contributed by atoms with Gasteiger partial charge in [0.2, 0.25) is 0 Å². The van der Waals surface area contributed by atoms with Crippen LogP contribution in [0.25, 0.3) is 0 Å². The molecule has 0 bridgehead atoms. The third kappa shape index (κ3) is 7.01. The molecule has 0 aromatic heterocycles. The van der Waals surface area contributed by atoms with Gasteiger partial charge in [-0.2, -0.15) is 0 Å². The Morgan fingerprint density at radius 1 is 1.17 bits per heavy atom. The highest BCUT2D eigenvalue weighted by atomic mass is 32.2. The van der Waals surface area contributed by atoms with E-state index in [0.29, 0.717) is 0 Å². The molecule has 1 aromatic carbocycles. The minimum Gasteiger partial charge on any atom is -0.385 e. The van der Waals surface area contributed by atoms with Crippen molar-refractivity contribution in [2.75, 3.05) is 39.7 Å². The smallest absolute Gasteiger partial charge is 0.0587 e. The van der Waals surface area contributed by atoms with E-state index in [0.717, 1.165) is 38.5 Å². The van der Waals surface area contributed by atoms with Gasteiger partial charge < -0.3 is 14.8 Å². The van der Waals surface area contributed by atoms with Crippen molar-refractivity contribution >= 4 is 11.8 Å². The van der Waals surface area contributed by atoms with Crippen LogP contribution in [0.15, 0.2) is 29.2 Å². The summed E-state index contributed by atoms with van der Waals surface area (Å²) in [5.74, 6) is 1.11. The zero-order chi connectivity index (χ0) is 13.1. The molecule has 0 aliphatic heterocycles. The van der Waals surface area contributed by atoms with E-state index in [1.54, 1.807) is 14.2 Å². The first kappa shape index (κ1) is 15.5. The SMILES string of the molecule is COCCCSc1cccc(CNCCOC)c1. The summed E-state index contributed by atoms with van der Waals surface area (Å²) in [6.07, 6.45) is 1.09. The zero-order valence-corrected chi connectivity index (χ0v) is 12.1. The van der Waals surface area contributed by atoms with E-state index in [9.17, 15) is 0 Å². The van der Waals surface area contributed by atoms with E-state index >= 15 is 0 Å². The third-order valence-electron chi connectivity index (χ3n) is 2.47. The standard InChI is InChI=1S/C14H23NO2S/c1-16-8-4-10-18-14-6-3-5-13(11-14)12-15-7-9-17-2/h3,5-6,11,15H,4,7-10,12H2,1-2H3. The summed E-state index contributed by atoms with van der Waals surface area (Å²) in [5.41, 5.74) is 1.32. The summed E-state index contributed by atoms with van der Waals surface area (Å²) in [6.45, 7) is 3.38.